The molecular weight excluding hydrogens is 320 g/mol. The van der Waals surface area contributed by atoms with E-state index >= 15 is 0 Å². The molecule has 0 fully saturated rings. The molecule has 0 aliphatic heterocycles. The molecule has 26 heavy (non-hydrogen) atoms. The fourth-order valence-corrected chi connectivity index (χ4v) is 3.42. The summed E-state index contributed by atoms with van der Waals surface area (Å²) in [5.74, 6) is 0.215. The minimum Gasteiger partial charge on any atom is -0.356 e. The van der Waals surface area contributed by atoms with Gasteiger partial charge in [0.05, 0.1) is 0 Å². The second kappa shape index (κ2) is 22.5. The maximum absolute atomic E-state index is 11.6. The Kier molecular flexibility index (Phi) is 22.0. The lowest BCUT2D eigenvalue weighted by atomic mass is 10.0. The summed E-state index contributed by atoms with van der Waals surface area (Å²) in [5, 5.41) is 2.98. The van der Waals surface area contributed by atoms with E-state index in [1.807, 2.05) is 0 Å². The number of nitrogens with two attached hydrogens (primary N) is 1. The molecule has 3 nitrogen and oxygen atoms in total. The summed E-state index contributed by atoms with van der Waals surface area (Å²) in [7, 11) is 0. The molecule has 3 N–H and O–H groups in total. The largest absolute Gasteiger partial charge is 0.356 e. The van der Waals surface area contributed by atoms with Crippen molar-refractivity contribution in [2.24, 2.45) is 5.73 Å². The zero-order chi connectivity index (χ0) is 19.1. The van der Waals surface area contributed by atoms with Gasteiger partial charge in [-0.1, -0.05) is 103 Å². The fourth-order valence-electron chi connectivity index (χ4n) is 3.42. The van der Waals surface area contributed by atoms with Gasteiger partial charge in [0, 0.05) is 13.0 Å². The molecule has 0 saturated heterocycles. The van der Waals surface area contributed by atoms with Crippen LogP contribution in [0.5, 0.6) is 0 Å². The van der Waals surface area contributed by atoms with Crippen LogP contribution < -0.4 is 11.1 Å². The summed E-state index contributed by atoms with van der Waals surface area (Å²) >= 11 is 0. The number of unbranched alkanes of at least 4 members (excludes halogenated alkanes) is 16. The van der Waals surface area contributed by atoms with Gasteiger partial charge < -0.3 is 11.1 Å². The van der Waals surface area contributed by atoms with Crippen LogP contribution in [-0.4, -0.2) is 19.0 Å². The Morgan fingerprint density at radius 1 is 0.615 bits per heavy atom. The molecule has 0 saturated carbocycles. The molecule has 0 aromatic rings. The average Bonchev–Trinajstić information content (AvgIpc) is 2.65. The lowest BCUT2D eigenvalue weighted by Gasteiger charge is -2.05. The maximum atomic E-state index is 11.6. The fraction of sp³-hybridized carbons (Fsp3) is 0.957. The Hall–Kier alpha value is -0.570. The Morgan fingerprint density at radius 2 is 1.04 bits per heavy atom. The number of rotatable bonds is 21. The predicted molar refractivity (Wildman–Crippen MR) is 115 cm³/mol. The number of hydrogen-bond donors (Lipinski definition) is 2. The van der Waals surface area contributed by atoms with E-state index in [0.717, 1.165) is 32.4 Å². The van der Waals surface area contributed by atoms with Crippen LogP contribution in [0.2, 0.25) is 0 Å². The number of hydrogen-bond acceptors (Lipinski definition) is 2. The van der Waals surface area contributed by atoms with Gasteiger partial charge in [-0.2, -0.15) is 0 Å². The molecule has 0 heterocycles. The number of amides is 1. The highest BCUT2D eigenvalue weighted by Gasteiger charge is 2.00. The standard InChI is InChI=1S/C23H48N2O/c1-2-3-4-5-6-7-8-9-10-11-12-13-14-15-16-17-20-23(26)25-22-19-18-21-24/h2-22,24H2,1H3,(H,25,26). The molecule has 0 atom stereocenters. The van der Waals surface area contributed by atoms with Crippen molar-refractivity contribution in [3.05, 3.63) is 0 Å². The smallest absolute Gasteiger partial charge is 0.219 e. The molecule has 0 aromatic heterocycles. The summed E-state index contributed by atoms with van der Waals surface area (Å²) in [6.45, 7) is 3.79. The minimum absolute atomic E-state index is 0.215. The van der Waals surface area contributed by atoms with Crippen LogP contribution in [0.4, 0.5) is 0 Å². The molecule has 156 valence electrons. The summed E-state index contributed by atoms with van der Waals surface area (Å²) in [4.78, 5) is 11.6. The van der Waals surface area contributed by atoms with E-state index in [-0.39, 0.29) is 5.91 Å². The van der Waals surface area contributed by atoms with Crippen molar-refractivity contribution in [3.63, 3.8) is 0 Å². The normalized spacial score (nSPS) is 11.0. The second-order valence-electron chi connectivity index (χ2n) is 7.90. The van der Waals surface area contributed by atoms with E-state index in [1.165, 1.54) is 96.3 Å². The van der Waals surface area contributed by atoms with Crippen molar-refractivity contribution in [2.45, 2.75) is 129 Å². The van der Waals surface area contributed by atoms with Crippen LogP contribution in [0.15, 0.2) is 0 Å². The SMILES string of the molecule is CCCCCCCCCCCCCCCCCCC(=O)NCCCCN. The van der Waals surface area contributed by atoms with Crippen molar-refractivity contribution in [2.75, 3.05) is 13.1 Å². The van der Waals surface area contributed by atoms with Crippen molar-refractivity contribution < 1.29 is 4.79 Å². The molecule has 0 bridgehead atoms. The zero-order valence-electron chi connectivity index (χ0n) is 17.8. The first-order valence-corrected chi connectivity index (χ1v) is 11.8. The number of carbonyl (C=O) groups excluding carboxylic acids is 1. The number of nitrogens with one attached hydrogen (secondary N) is 1. The van der Waals surface area contributed by atoms with Crippen molar-refractivity contribution in [3.8, 4) is 0 Å². The molecule has 0 radical (unpaired) electrons. The Bertz CT molecular complexity index is 281. The quantitative estimate of drug-likeness (QED) is 0.227. The summed E-state index contributed by atoms with van der Waals surface area (Å²) in [5.41, 5.74) is 5.44. The van der Waals surface area contributed by atoms with E-state index in [1.54, 1.807) is 0 Å². The second-order valence-corrected chi connectivity index (χ2v) is 7.90. The zero-order valence-corrected chi connectivity index (χ0v) is 17.8. The maximum Gasteiger partial charge on any atom is 0.219 e. The van der Waals surface area contributed by atoms with Crippen LogP contribution >= 0.6 is 0 Å². The highest BCUT2D eigenvalue weighted by Crippen LogP contribution is 2.13. The number of carbonyl (C=O) groups is 1. The summed E-state index contributed by atoms with van der Waals surface area (Å²) in [6, 6.07) is 0. The Balaban J connectivity index is 3.07. The van der Waals surface area contributed by atoms with E-state index in [4.69, 9.17) is 5.73 Å². The van der Waals surface area contributed by atoms with E-state index in [9.17, 15) is 4.79 Å². The van der Waals surface area contributed by atoms with Gasteiger partial charge in [-0.3, -0.25) is 4.79 Å². The van der Waals surface area contributed by atoms with Crippen molar-refractivity contribution in [1.82, 2.24) is 5.32 Å². The first kappa shape index (κ1) is 25.4. The molecule has 0 aliphatic rings. The first-order valence-electron chi connectivity index (χ1n) is 11.8. The van der Waals surface area contributed by atoms with Gasteiger partial charge in [0.2, 0.25) is 5.91 Å². The van der Waals surface area contributed by atoms with Gasteiger partial charge in [-0.05, 0) is 25.8 Å². The predicted octanol–water partition coefficient (Wildman–Crippen LogP) is 6.49. The third-order valence-electron chi connectivity index (χ3n) is 5.21. The highest BCUT2D eigenvalue weighted by molar-refractivity contribution is 5.75. The molecule has 0 unspecified atom stereocenters. The molecule has 3 heteroatoms. The topological polar surface area (TPSA) is 55.1 Å². The molecule has 1 amide bonds. The highest BCUT2D eigenvalue weighted by atomic mass is 16.1. The molecule has 0 aromatic carbocycles. The summed E-state index contributed by atoms with van der Waals surface area (Å²) in [6.07, 6.45) is 24.6. The molecular formula is C23H48N2O. The van der Waals surface area contributed by atoms with Gasteiger partial charge in [-0.15, -0.1) is 0 Å². The minimum atomic E-state index is 0.215. The average molecular weight is 369 g/mol. The monoisotopic (exact) mass is 368 g/mol. The van der Waals surface area contributed by atoms with Crippen LogP contribution in [-0.2, 0) is 4.79 Å². The van der Waals surface area contributed by atoms with Gasteiger partial charge in [0.25, 0.3) is 0 Å². The molecule has 0 aliphatic carbocycles. The Morgan fingerprint density at radius 3 is 1.46 bits per heavy atom. The lowest BCUT2D eigenvalue weighted by Crippen LogP contribution is -2.24. The third-order valence-corrected chi connectivity index (χ3v) is 5.21. The van der Waals surface area contributed by atoms with Gasteiger partial charge in [0.15, 0.2) is 0 Å². The van der Waals surface area contributed by atoms with Gasteiger partial charge in [-0.25, -0.2) is 0 Å². The molecule has 0 rings (SSSR count). The van der Waals surface area contributed by atoms with Crippen LogP contribution in [0.25, 0.3) is 0 Å². The van der Waals surface area contributed by atoms with Crippen molar-refractivity contribution >= 4 is 5.91 Å². The van der Waals surface area contributed by atoms with E-state index in [0.29, 0.717) is 6.42 Å². The van der Waals surface area contributed by atoms with Crippen molar-refractivity contribution in [1.29, 1.82) is 0 Å². The van der Waals surface area contributed by atoms with Gasteiger partial charge >= 0.3 is 0 Å². The molecule has 0 spiro atoms. The van der Waals surface area contributed by atoms with E-state index in [2.05, 4.69) is 12.2 Å². The van der Waals surface area contributed by atoms with Crippen LogP contribution in [0.3, 0.4) is 0 Å². The lowest BCUT2D eigenvalue weighted by molar-refractivity contribution is -0.121. The first-order chi connectivity index (χ1) is 12.8. The van der Waals surface area contributed by atoms with E-state index < -0.39 is 0 Å². The van der Waals surface area contributed by atoms with Crippen LogP contribution in [0, 0.1) is 0 Å². The van der Waals surface area contributed by atoms with Gasteiger partial charge in [0.1, 0.15) is 0 Å². The van der Waals surface area contributed by atoms with Crippen LogP contribution in [0.1, 0.15) is 129 Å². The Labute approximate surface area is 164 Å². The third kappa shape index (κ3) is 21.5. The summed E-state index contributed by atoms with van der Waals surface area (Å²) < 4.78 is 0.